The van der Waals surface area contributed by atoms with Crippen LogP contribution in [0, 0.1) is 15.9 Å². The van der Waals surface area contributed by atoms with Crippen molar-refractivity contribution < 1.29 is 28.4 Å². The average molecular weight is 436 g/mol. The van der Waals surface area contributed by atoms with Crippen molar-refractivity contribution in [3.05, 3.63) is 64.0 Å². The molecule has 2 aromatic rings. The van der Waals surface area contributed by atoms with E-state index in [0.29, 0.717) is 4.90 Å². The minimum Gasteiger partial charge on any atom is -0.490 e. The molecule has 0 aliphatic rings. The number of nitrogens with zero attached hydrogens (tertiary/aromatic N) is 1. The van der Waals surface area contributed by atoms with Gasteiger partial charge in [0.25, 0.3) is 11.8 Å². The molecule has 0 heterocycles. The molecule has 2 aromatic carbocycles. The Morgan fingerprint density at radius 1 is 1.13 bits per heavy atom. The number of halogens is 1. The van der Waals surface area contributed by atoms with Crippen molar-refractivity contribution in [1.29, 1.82) is 0 Å². The second-order valence-corrected chi connectivity index (χ2v) is 6.66. The summed E-state index contributed by atoms with van der Waals surface area (Å²) in [6.07, 6.45) is 0. The summed E-state index contributed by atoms with van der Waals surface area (Å²) in [4.78, 5) is 46.1. The molecule has 12 heteroatoms. The topological polar surface area (TPSA) is 140 Å². The van der Waals surface area contributed by atoms with Crippen LogP contribution >= 0.6 is 11.8 Å². The van der Waals surface area contributed by atoms with Crippen LogP contribution in [0.1, 0.15) is 10.4 Å². The molecular weight excluding hydrogens is 419 g/mol. The summed E-state index contributed by atoms with van der Waals surface area (Å²) in [5.41, 5.74) is 3.80. The normalized spacial score (nSPS) is 10.1. The van der Waals surface area contributed by atoms with Crippen LogP contribution in [0.2, 0.25) is 0 Å². The van der Waals surface area contributed by atoms with Gasteiger partial charge in [0.1, 0.15) is 5.82 Å². The fourth-order valence-electron chi connectivity index (χ4n) is 2.16. The quantitative estimate of drug-likeness (QED) is 0.323. The van der Waals surface area contributed by atoms with Crippen molar-refractivity contribution in [2.24, 2.45) is 0 Å². The van der Waals surface area contributed by atoms with Crippen LogP contribution < -0.4 is 20.9 Å². The highest BCUT2D eigenvalue weighted by Gasteiger charge is 2.18. The molecule has 30 heavy (non-hydrogen) atoms. The average Bonchev–Trinajstić information content (AvgIpc) is 2.74. The number of carbonyl (C=O) groups is 3. The molecule has 0 aliphatic carbocycles. The van der Waals surface area contributed by atoms with Gasteiger partial charge in [-0.2, -0.15) is 0 Å². The maximum absolute atomic E-state index is 13.5. The maximum atomic E-state index is 13.5. The zero-order valence-corrected chi connectivity index (χ0v) is 16.5. The monoisotopic (exact) mass is 436 g/mol. The first-order valence-corrected chi connectivity index (χ1v) is 9.36. The number of carbonyl (C=O) groups excluding carboxylic acids is 3. The molecule has 3 amide bonds. The summed E-state index contributed by atoms with van der Waals surface area (Å²) in [7, 11) is 1.26. The number of benzene rings is 2. The summed E-state index contributed by atoms with van der Waals surface area (Å²) in [6, 6.07) is 9.53. The van der Waals surface area contributed by atoms with Gasteiger partial charge in [0, 0.05) is 16.5 Å². The Bertz CT molecular complexity index is 971. The molecule has 0 radical (unpaired) electrons. The Hall–Kier alpha value is -3.67. The smallest absolute Gasteiger partial charge is 0.311 e. The lowest BCUT2D eigenvalue weighted by molar-refractivity contribution is -0.385. The van der Waals surface area contributed by atoms with Crippen LogP contribution in [0.15, 0.2) is 47.4 Å². The van der Waals surface area contributed by atoms with Gasteiger partial charge in [0.05, 0.1) is 24.3 Å². The van der Waals surface area contributed by atoms with Crippen molar-refractivity contribution in [3.8, 4) is 5.75 Å². The van der Waals surface area contributed by atoms with Crippen LogP contribution in [0.3, 0.4) is 0 Å². The standard InChI is InChI=1S/C18H17FN4O6S/c1-29-14-7-6-11(8-13(14)23(27)28)18(26)20-9-16(24)21-22-17(25)10-30-15-5-3-2-4-12(15)19/h2-8H,9-10H2,1H3,(H,20,26)(H,21,24)(H,22,25). The first-order chi connectivity index (χ1) is 14.3. The van der Waals surface area contributed by atoms with Gasteiger partial charge in [-0.1, -0.05) is 12.1 Å². The molecule has 0 saturated heterocycles. The van der Waals surface area contributed by atoms with E-state index >= 15 is 0 Å². The van der Waals surface area contributed by atoms with Crippen molar-refractivity contribution in [2.45, 2.75) is 4.90 Å². The highest BCUT2D eigenvalue weighted by Crippen LogP contribution is 2.27. The van der Waals surface area contributed by atoms with E-state index in [1.54, 1.807) is 6.07 Å². The molecule has 10 nitrogen and oxygen atoms in total. The summed E-state index contributed by atoms with van der Waals surface area (Å²) in [6.45, 7) is -0.487. The number of rotatable bonds is 8. The van der Waals surface area contributed by atoms with Crippen molar-refractivity contribution in [3.63, 3.8) is 0 Å². The number of nitro groups is 1. The van der Waals surface area contributed by atoms with E-state index in [4.69, 9.17) is 4.74 Å². The van der Waals surface area contributed by atoms with E-state index < -0.39 is 40.7 Å². The SMILES string of the molecule is COc1ccc(C(=O)NCC(=O)NNC(=O)CSc2ccccc2F)cc1[N+](=O)[O-]. The lowest BCUT2D eigenvalue weighted by Gasteiger charge is -2.09. The molecule has 0 aliphatic heterocycles. The summed E-state index contributed by atoms with van der Waals surface area (Å²) >= 11 is 0.956. The molecule has 0 spiro atoms. The van der Waals surface area contributed by atoms with Gasteiger partial charge in [0.2, 0.25) is 5.91 Å². The van der Waals surface area contributed by atoms with E-state index in [2.05, 4.69) is 16.2 Å². The second-order valence-electron chi connectivity index (χ2n) is 5.64. The Balaban J connectivity index is 1.78. The number of ether oxygens (including phenoxy) is 1. The molecule has 0 fully saturated rings. The Morgan fingerprint density at radius 2 is 1.83 bits per heavy atom. The third-order valence-corrected chi connectivity index (χ3v) is 4.63. The highest BCUT2D eigenvalue weighted by molar-refractivity contribution is 8.00. The first kappa shape index (κ1) is 22.6. The lowest BCUT2D eigenvalue weighted by atomic mass is 10.1. The number of hydrogen-bond donors (Lipinski definition) is 3. The van der Waals surface area contributed by atoms with Gasteiger partial charge in [-0.05, 0) is 24.3 Å². The Kier molecular flexibility index (Phi) is 8.11. The van der Waals surface area contributed by atoms with Crippen LogP contribution in [0.5, 0.6) is 5.75 Å². The Morgan fingerprint density at radius 3 is 2.50 bits per heavy atom. The van der Waals surface area contributed by atoms with Crippen LogP contribution in [-0.4, -0.2) is 42.1 Å². The number of nitro benzene ring substituents is 1. The van der Waals surface area contributed by atoms with Crippen molar-refractivity contribution >= 4 is 35.2 Å². The third-order valence-electron chi connectivity index (χ3n) is 3.58. The predicted molar refractivity (Wildman–Crippen MR) is 105 cm³/mol. The third kappa shape index (κ3) is 6.44. The molecule has 3 N–H and O–H groups in total. The number of methoxy groups -OCH3 is 1. The molecule has 0 bridgehead atoms. The van der Waals surface area contributed by atoms with E-state index in [1.165, 1.54) is 37.4 Å². The van der Waals surface area contributed by atoms with Crippen molar-refractivity contribution in [2.75, 3.05) is 19.4 Å². The zero-order chi connectivity index (χ0) is 22.1. The van der Waals surface area contributed by atoms with Gasteiger partial charge in [-0.25, -0.2) is 4.39 Å². The summed E-state index contributed by atoms with van der Waals surface area (Å²) < 4.78 is 18.3. The number of amides is 3. The fraction of sp³-hybridized carbons (Fsp3) is 0.167. The van der Waals surface area contributed by atoms with Gasteiger partial charge in [-0.15, -0.1) is 11.8 Å². The molecule has 0 aromatic heterocycles. The minimum absolute atomic E-state index is 0.00902. The van der Waals surface area contributed by atoms with Crippen LogP contribution in [0.4, 0.5) is 10.1 Å². The Labute approximate surface area is 174 Å². The molecule has 0 atom stereocenters. The molecule has 0 unspecified atom stereocenters. The fourth-order valence-corrected chi connectivity index (χ4v) is 2.90. The summed E-state index contributed by atoms with van der Waals surface area (Å²) in [5.74, 6) is -2.63. The van der Waals surface area contributed by atoms with E-state index in [-0.39, 0.29) is 17.1 Å². The predicted octanol–water partition coefficient (Wildman–Crippen LogP) is 1.41. The van der Waals surface area contributed by atoms with E-state index in [1.807, 2.05) is 0 Å². The van der Waals surface area contributed by atoms with Crippen LogP contribution in [0.25, 0.3) is 0 Å². The summed E-state index contributed by atoms with van der Waals surface area (Å²) in [5, 5.41) is 13.3. The van der Waals surface area contributed by atoms with Crippen molar-refractivity contribution in [1.82, 2.24) is 16.2 Å². The first-order valence-electron chi connectivity index (χ1n) is 8.37. The molecule has 0 saturated carbocycles. The van der Waals surface area contributed by atoms with E-state index in [9.17, 15) is 28.9 Å². The minimum atomic E-state index is -0.726. The second kappa shape index (κ2) is 10.8. The van der Waals surface area contributed by atoms with Crippen LogP contribution in [-0.2, 0) is 9.59 Å². The largest absolute Gasteiger partial charge is 0.490 e. The highest BCUT2D eigenvalue weighted by atomic mass is 32.2. The number of hydrazine groups is 1. The van der Waals surface area contributed by atoms with Gasteiger partial charge >= 0.3 is 5.69 Å². The number of hydrogen-bond acceptors (Lipinski definition) is 7. The zero-order valence-electron chi connectivity index (χ0n) is 15.6. The number of nitrogens with one attached hydrogen (secondary N) is 3. The van der Waals surface area contributed by atoms with Gasteiger partial charge in [-0.3, -0.25) is 35.3 Å². The molecule has 158 valence electrons. The maximum Gasteiger partial charge on any atom is 0.311 e. The molecule has 2 rings (SSSR count). The van der Waals surface area contributed by atoms with E-state index in [0.717, 1.165) is 17.8 Å². The van der Waals surface area contributed by atoms with Gasteiger partial charge < -0.3 is 10.1 Å². The van der Waals surface area contributed by atoms with Gasteiger partial charge in [0.15, 0.2) is 5.75 Å². The molecular formula is C18H17FN4O6S. The lowest BCUT2D eigenvalue weighted by Crippen LogP contribution is -2.46. The number of thioether (sulfide) groups is 1.